The molecule has 0 atom stereocenters. The summed E-state index contributed by atoms with van der Waals surface area (Å²) in [5.74, 6) is 0.707. The van der Waals surface area contributed by atoms with Crippen molar-refractivity contribution in [1.29, 1.82) is 0 Å². The number of rotatable bonds is 4. The summed E-state index contributed by atoms with van der Waals surface area (Å²) in [6.45, 7) is 4.05. The lowest BCUT2D eigenvalue weighted by molar-refractivity contribution is 0.132. The van der Waals surface area contributed by atoms with Crippen molar-refractivity contribution in [3.63, 3.8) is 0 Å². The highest BCUT2D eigenvalue weighted by atomic mass is 15.4. The van der Waals surface area contributed by atoms with E-state index in [1.54, 1.807) is 25.3 Å². The molecule has 1 fully saturated rings. The first-order valence-corrected chi connectivity index (χ1v) is 6.27. The van der Waals surface area contributed by atoms with Gasteiger partial charge in [0.2, 0.25) is 0 Å². The zero-order chi connectivity index (χ0) is 12.2. The molecule has 96 valence electrons. The molecular formula is C11H17N7. The summed E-state index contributed by atoms with van der Waals surface area (Å²) < 4.78 is 3.80. The fraction of sp³-hybridized carbons (Fsp3) is 0.636. The van der Waals surface area contributed by atoms with Gasteiger partial charge in [0, 0.05) is 19.6 Å². The van der Waals surface area contributed by atoms with Crippen molar-refractivity contribution >= 4 is 0 Å². The number of piperidine rings is 1. The fourth-order valence-corrected chi connectivity index (χ4v) is 2.41. The predicted octanol–water partition coefficient (Wildman–Crippen LogP) is 0.239. The minimum Gasteiger partial charge on any atom is -0.284 e. The Bertz CT molecular complexity index is 397. The van der Waals surface area contributed by atoms with Crippen molar-refractivity contribution in [2.75, 3.05) is 13.1 Å². The van der Waals surface area contributed by atoms with Crippen molar-refractivity contribution in [2.24, 2.45) is 5.92 Å². The molecule has 0 unspecified atom stereocenters. The van der Waals surface area contributed by atoms with Crippen molar-refractivity contribution < 1.29 is 0 Å². The third-order valence-corrected chi connectivity index (χ3v) is 3.43. The maximum absolute atomic E-state index is 4.16. The van der Waals surface area contributed by atoms with Crippen LogP contribution in [0, 0.1) is 5.92 Å². The number of likely N-dealkylation sites (tertiary alicyclic amines) is 1. The maximum atomic E-state index is 4.16. The number of aromatic nitrogens is 6. The zero-order valence-corrected chi connectivity index (χ0v) is 10.3. The summed E-state index contributed by atoms with van der Waals surface area (Å²) in [6.07, 6.45) is 9.14. The molecule has 7 heteroatoms. The van der Waals surface area contributed by atoms with Crippen LogP contribution in [0.2, 0.25) is 0 Å². The van der Waals surface area contributed by atoms with Gasteiger partial charge in [0.05, 0.1) is 6.67 Å². The molecule has 0 radical (unpaired) electrons. The topological polar surface area (TPSA) is 64.7 Å². The van der Waals surface area contributed by atoms with E-state index in [1.165, 1.54) is 12.8 Å². The highest BCUT2D eigenvalue weighted by Crippen LogP contribution is 2.18. The molecular weight excluding hydrogens is 230 g/mol. The minimum absolute atomic E-state index is 0.707. The van der Waals surface area contributed by atoms with E-state index in [0.29, 0.717) is 5.92 Å². The summed E-state index contributed by atoms with van der Waals surface area (Å²) in [6, 6.07) is 0. The standard InChI is InChI=1S/C11H17N7/c1-3-16(10-18-9-13-7-15-18)4-2-11(1)5-17-8-12-6-14-17/h6-9,11H,1-5,10H2. The van der Waals surface area contributed by atoms with E-state index in [2.05, 4.69) is 25.1 Å². The molecule has 0 bridgehead atoms. The third kappa shape index (κ3) is 2.73. The molecule has 1 aliphatic heterocycles. The van der Waals surface area contributed by atoms with Crippen LogP contribution in [0.3, 0.4) is 0 Å². The fourth-order valence-electron chi connectivity index (χ4n) is 2.41. The van der Waals surface area contributed by atoms with Gasteiger partial charge >= 0.3 is 0 Å². The van der Waals surface area contributed by atoms with Crippen LogP contribution in [0.1, 0.15) is 12.8 Å². The molecule has 0 spiro atoms. The van der Waals surface area contributed by atoms with E-state index in [9.17, 15) is 0 Å². The summed E-state index contributed by atoms with van der Waals surface area (Å²) in [4.78, 5) is 10.3. The van der Waals surface area contributed by atoms with Crippen LogP contribution in [0.5, 0.6) is 0 Å². The Balaban J connectivity index is 1.46. The second kappa shape index (κ2) is 5.26. The Morgan fingerprint density at radius 2 is 1.61 bits per heavy atom. The van der Waals surface area contributed by atoms with Gasteiger partial charge in [-0.05, 0) is 18.8 Å². The first-order valence-electron chi connectivity index (χ1n) is 6.27. The first-order chi connectivity index (χ1) is 8.90. The highest BCUT2D eigenvalue weighted by molar-refractivity contribution is 4.72. The molecule has 3 rings (SSSR count). The third-order valence-electron chi connectivity index (χ3n) is 3.43. The average Bonchev–Trinajstić information content (AvgIpc) is 3.05. The summed E-state index contributed by atoms with van der Waals surface area (Å²) >= 11 is 0. The Kier molecular flexibility index (Phi) is 3.31. The monoisotopic (exact) mass is 247 g/mol. The summed E-state index contributed by atoms with van der Waals surface area (Å²) in [7, 11) is 0. The van der Waals surface area contributed by atoms with Crippen LogP contribution >= 0.6 is 0 Å². The predicted molar refractivity (Wildman–Crippen MR) is 64.3 cm³/mol. The van der Waals surface area contributed by atoms with E-state index < -0.39 is 0 Å². The van der Waals surface area contributed by atoms with Crippen LogP contribution in [0.4, 0.5) is 0 Å². The molecule has 2 aromatic heterocycles. The van der Waals surface area contributed by atoms with Gasteiger partial charge in [0.25, 0.3) is 0 Å². The van der Waals surface area contributed by atoms with E-state index in [1.807, 2.05) is 9.36 Å². The van der Waals surface area contributed by atoms with Crippen molar-refractivity contribution in [3.8, 4) is 0 Å². The normalized spacial score (nSPS) is 18.2. The van der Waals surface area contributed by atoms with Gasteiger partial charge in [-0.2, -0.15) is 10.2 Å². The SMILES string of the molecule is c1ncn(CC2CCN(Cn3cncn3)CC2)n1. The van der Waals surface area contributed by atoms with Gasteiger partial charge in [-0.3, -0.25) is 9.58 Å². The lowest BCUT2D eigenvalue weighted by Gasteiger charge is -2.31. The minimum atomic E-state index is 0.707. The van der Waals surface area contributed by atoms with E-state index in [0.717, 1.165) is 26.3 Å². The van der Waals surface area contributed by atoms with Crippen LogP contribution in [0.15, 0.2) is 25.3 Å². The molecule has 3 heterocycles. The molecule has 0 saturated carbocycles. The molecule has 0 N–H and O–H groups in total. The molecule has 18 heavy (non-hydrogen) atoms. The lowest BCUT2D eigenvalue weighted by Crippen LogP contribution is -2.36. The zero-order valence-electron chi connectivity index (χ0n) is 10.3. The van der Waals surface area contributed by atoms with E-state index in [4.69, 9.17) is 0 Å². The summed E-state index contributed by atoms with van der Waals surface area (Å²) in [5.41, 5.74) is 0. The largest absolute Gasteiger partial charge is 0.284 e. The van der Waals surface area contributed by atoms with Gasteiger partial charge < -0.3 is 0 Å². The smallest absolute Gasteiger partial charge is 0.137 e. The second-order valence-electron chi connectivity index (χ2n) is 4.76. The first kappa shape index (κ1) is 11.3. The maximum Gasteiger partial charge on any atom is 0.137 e. The van der Waals surface area contributed by atoms with Gasteiger partial charge in [-0.1, -0.05) is 0 Å². The van der Waals surface area contributed by atoms with Crippen LogP contribution in [-0.4, -0.2) is 47.5 Å². The summed E-state index contributed by atoms with van der Waals surface area (Å²) in [5, 5.41) is 8.29. The average molecular weight is 247 g/mol. The molecule has 0 aromatic carbocycles. The Hall–Kier alpha value is -1.76. The number of hydrogen-bond acceptors (Lipinski definition) is 5. The van der Waals surface area contributed by atoms with E-state index >= 15 is 0 Å². The van der Waals surface area contributed by atoms with Gasteiger partial charge in [0.1, 0.15) is 25.3 Å². The lowest BCUT2D eigenvalue weighted by atomic mass is 9.97. The molecule has 7 nitrogen and oxygen atoms in total. The quantitative estimate of drug-likeness (QED) is 0.774. The Labute approximate surface area is 105 Å². The molecule has 1 saturated heterocycles. The molecule has 2 aromatic rings. The Morgan fingerprint density at radius 1 is 0.944 bits per heavy atom. The van der Waals surface area contributed by atoms with Crippen LogP contribution < -0.4 is 0 Å². The highest BCUT2D eigenvalue weighted by Gasteiger charge is 2.19. The second-order valence-corrected chi connectivity index (χ2v) is 4.76. The van der Waals surface area contributed by atoms with Gasteiger partial charge in [-0.15, -0.1) is 0 Å². The number of hydrogen-bond donors (Lipinski definition) is 0. The number of nitrogens with zero attached hydrogens (tertiary/aromatic N) is 7. The van der Waals surface area contributed by atoms with Crippen molar-refractivity contribution in [2.45, 2.75) is 26.1 Å². The van der Waals surface area contributed by atoms with Crippen molar-refractivity contribution in [3.05, 3.63) is 25.3 Å². The molecule has 0 amide bonds. The Morgan fingerprint density at radius 3 is 2.22 bits per heavy atom. The van der Waals surface area contributed by atoms with E-state index in [-0.39, 0.29) is 0 Å². The van der Waals surface area contributed by atoms with Crippen LogP contribution in [-0.2, 0) is 13.2 Å². The van der Waals surface area contributed by atoms with Crippen molar-refractivity contribution in [1.82, 2.24) is 34.4 Å². The van der Waals surface area contributed by atoms with Gasteiger partial charge in [0.15, 0.2) is 0 Å². The molecule has 0 aliphatic carbocycles. The van der Waals surface area contributed by atoms with Gasteiger partial charge in [-0.25, -0.2) is 14.6 Å². The van der Waals surface area contributed by atoms with Crippen LogP contribution in [0.25, 0.3) is 0 Å². The molecule has 1 aliphatic rings.